The number of rotatable bonds is 5. The monoisotopic (exact) mass is 531 g/mol. The maximum atomic E-state index is 13.5. The van der Waals surface area contributed by atoms with E-state index in [4.69, 9.17) is 4.98 Å². The lowest BCUT2D eigenvalue weighted by atomic mass is 9.89. The second-order valence-electron chi connectivity index (χ2n) is 10.8. The van der Waals surface area contributed by atoms with E-state index in [-0.39, 0.29) is 6.04 Å². The number of thiazole rings is 1. The van der Waals surface area contributed by atoms with Crippen LogP contribution < -0.4 is 5.32 Å². The molecule has 2 amide bonds. The molecule has 3 aromatic heterocycles. The summed E-state index contributed by atoms with van der Waals surface area (Å²) in [6.07, 6.45) is 10.2. The molecular weight excluding hydrogens is 498 g/mol. The van der Waals surface area contributed by atoms with E-state index in [2.05, 4.69) is 57.4 Å². The van der Waals surface area contributed by atoms with Crippen molar-refractivity contribution >= 4 is 50.0 Å². The van der Waals surface area contributed by atoms with Gasteiger partial charge in [-0.15, -0.1) is 11.3 Å². The third-order valence-corrected chi connectivity index (χ3v) is 9.01. The number of nitrogens with zero attached hydrogens (tertiary/aromatic N) is 5. The topological polar surface area (TPSA) is 107 Å². The van der Waals surface area contributed by atoms with Gasteiger partial charge in [0.05, 0.1) is 44.9 Å². The molecule has 38 heavy (non-hydrogen) atoms. The number of piperidine rings is 1. The van der Waals surface area contributed by atoms with E-state index in [9.17, 15) is 9.59 Å². The molecule has 5 heterocycles. The zero-order valence-electron chi connectivity index (χ0n) is 21.8. The number of carbonyl (C=O) groups is 2. The van der Waals surface area contributed by atoms with Crippen LogP contribution in [0.15, 0.2) is 36.8 Å². The van der Waals surface area contributed by atoms with Gasteiger partial charge in [0.1, 0.15) is 0 Å². The molecule has 2 aliphatic heterocycles. The lowest BCUT2D eigenvalue weighted by Gasteiger charge is -2.38. The number of benzene rings is 1. The molecule has 10 heteroatoms. The van der Waals surface area contributed by atoms with Crippen LogP contribution >= 0.6 is 11.3 Å². The number of carbonyl (C=O) groups excluding carboxylic acids is 2. The Morgan fingerprint density at radius 1 is 1.18 bits per heavy atom. The van der Waals surface area contributed by atoms with Gasteiger partial charge in [-0.05, 0) is 69.3 Å². The Balaban J connectivity index is 1.21. The molecule has 2 aliphatic rings. The third-order valence-electron chi connectivity index (χ3n) is 7.95. The molecule has 2 saturated heterocycles. The van der Waals surface area contributed by atoms with Gasteiger partial charge in [-0.2, -0.15) is 5.10 Å². The number of fused-ring (bicyclic) bond motifs is 2. The molecule has 198 valence electrons. The van der Waals surface area contributed by atoms with Crippen molar-refractivity contribution in [3.05, 3.63) is 47.4 Å². The van der Waals surface area contributed by atoms with Crippen molar-refractivity contribution in [1.29, 1.82) is 0 Å². The van der Waals surface area contributed by atoms with Crippen LogP contribution in [0.2, 0.25) is 0 Å². The average Bonchev–Trinajstić information content (AvgIpc) is 3.68. The van der Waals surface area contributed by atoms with Crippen LogP contribution in [0.25, 0.3) is 21.1 Å². The summed E-state index contributed by atoms with van der Waals surface area (Å²) in [6.45, 7) is 7.32. The van der Waals surface area contributed by atoms with Gasteiger partial charge >= 0.3 is 11.8 Å². The smallest absolute Gasteiger partial charge is 0.314 e. The summed E-state index contributed by atoms with van der Waals surface area (Å²) in [6, 6.07) is 6.67. The van der Waals surface area contributed by atoms with Gasteiger partial charge in [-0.3, -0.25) is 19.7 Å². The standard InChI is InChI=1S/C28H33N7O2S/c1-17-5-7-23(35(16-17)28(37)27(36)32-22-15-29-13-20-14-30-33-26(20)22)19-6-8-24-21(12-19)31-25(38-24)11-18(2)34-9-3-4-10-34/h6,8,12-15,17-18,23H,3-5,7,9-11,16H2,1-2H3,(H,30,33)(H,32,36)/t17-,18-,23+/m0/s1. The fourth-order valence-electron chi connectivity index (χ4n) is 5.84. The first-order valence-corrected chi connectivity index (χ1v) is 14.3. The number of anilines is 1. The number of aromatic nitrogens is 4. The van der Waals surface area contributed by atoms with Gasteiger partial charge in [0.25, 0.3) is 0 Å². The first-order valence-electron chi connectivity index (χ1n) is 13.5. The fraction of sp³-hybridized carbons (Fsp3) is 0.464. The van der Waals surface area contributed by atoms with Crippen LogP contribution in [-0.4, -0.2) is 67.5 Å². The van der Waals surface area contributed by atoms with Gasteiger partial charge in [0.15, 0.2) is 0 Å². The van der Waals surface area contributed by atoms with Crippen LogP contribution in [0.1, 0.15) is 56.1 Å². The Morgan fingerprint density at radius 2 is 2.03 bits per heavy atom. The maximum Gasteiger partial charge on any atom is 0.314 e. The highest BCUT2D eigenvalue weighted by Gasteiger charge is 2.34. The quantitative estimate of drug-likeness (QED) is 0.367. The number of nitrogens with one attached hydrogen (secondary N) is 2. The normalized spacial score (nSPS) is 21.3. The van der Waals surface area contributed by atoms with E-state index in [1.807, 2.05) is 0 Å². The number of pyridine rings is 1. The molecule has 0 saturated carbocycles. The number of hydrogen-bond acceptors (Lipinski definition) is 7. The summed E-state index contributed by atoms with van der Waals surface area (Å²) in [7, 11) is 0. The number of likely N-dealkylation sites (tertiary alicyclic amines) is 2. The molecule has 3 atom stereocenters. The van der Waals surface area contributed by atoms with Crippen LogP contribution in [0.5, 0.6) is 0 Å². The molecule has 0 bridgehead atoms. The van der Waals surface area contributed by atoms with E-state index >= 15 is 0 Å². The summed E-state index contributed by atoms with van der Waals surface area (Å²) in [5, 5.41) is 11.5. The Bertz CT molecular complexity index is 1470. The molecule has 2 fully saturated rings. The number of H-pyrrole nitrogens is 1. The van der Waals surface area contributed by atoms with Crippen molar-refractivity contribution in [3.8, 4) is 0 Å². The molecule has 2 N–H and O–H groups in total. The molecular formula is C28H33N7O2S. The number of aromatic amines is 1. The van der Waals surface area contributed by atoms with Crippen molar-refractivity contribution in [2.24, 2.45) is 5.92 Å². The first-order chi connectivity index (χ1) is 18.5. The van der Waals surface area contributed by atoms with E-state index in [0.29, 0.717) is 29.7 Å². The van der Waals surface area contributed by atoms with Gasteiger partial charge in [0.2, 0.25) is 0 Å². The fourth-order valence-corrected chi connectivity index (χ4v) is 6.91. The van der Waals surface area contributed by atoms with E-state index in [0.717, 1.165) is 45.4 Å². The Morgan fingerprint density at radius 3 is 2.87 bits per heavy atom. The predicted octanol–water partition coefficient (Wildman–Crippen LogP) is 4.53. The van der Waals surface area contributed by atoms with Gasteiger partial charge in [-0.25, -0.2) is 4.98 Å². The van der Waals surface area contributed by atoms with Crippen LogP contribution in [0.3, 0.4) is 0 Å². The van der Waals surface area contributed by atoms with E-state index in [1.165, 1.54) is 32.1 Å². The summed E-state index contributed by atoms with van der Waals surface area (Å²) in [5.74, 6) is -0.875. The highest BCUT2D eigenvalue weighted by atomic mass is 32.1. The molecule has 4 aromatic rings. The zero-order valence-corrected chi connectivity index (χ0v) is 22.6. The summed E-state index contributed by atoms with van der Waals surface area (Å²) < 4.78 is 1.16. The minimum absolute atomic E-state index is 0.163. The van der Waals surface area contributed by atoms with Gasteiger partial charge in [-0.1, -0.05) is 13.0 Å². The van der Waals surface area contributed by atoms with Crippen LogP contribution in [0.4, 0.5) is 5.69 Å². The first kappa shape index (κ1) is 24.9. The van der Waals surface area contributed by atoms with Crippen molar-refractivity contribution in [1.82, 2.24) is 30.0 Å². The number of hydrogen-bond donors (Lipinski definition) is 2. The second-order valence-corrected chi connectivity index (χ2v) is 11.9. The lowest BCUT2D eigenvalue weighted by molar-refractivity contribution is -0.146. The lowest BCUT2D eigenvalue weighted by Crippen LogP contribution is -2.46. The summed E-state index contributed by atoms with van der Waals surface area (Å²) in [5.41, 5.74) is 3.10. The summed E-state index contributed by atoms with van der Waals surface area (Å²) >= 11 is 1.76. The van der Waals surface area contributed by atoms with Crippen LogP contribution in [-0.2, 0) is 16.0 Å². The SMILES string of the molecule is C[C@H]1CC[C@H](c2ccc3sc(C[C@H](C)N4CCCC4)nc3c2)N(C(=O)C(=O)Nc2cncc3cn[nH]c23)C1. The van der Waals surface area contributed by atoms with Crippen molar-refractivity contribution in [2.75, 3.05) is 25.0 Å². The van der Waals surface area contributed by atoms with Crippen LogP contribution in [0, 0.1) is 5.92 Å². The molecule has 1 aromatic carbocycles. The summed E-state index contributed by atoms with van der Waals surface area (Å²) in [4.78, 5) is 40.0. The van der Waals surface area contributed by atoms with Gasteiger partial charge in [0, 0.05) is 30.6 Å². The highest BCUT2D eigenvalue weighted by Crippen LogP contribution is 2.36. The maximum absolute atomic E-state index is 13.5. The second kappa shape index (κ2) is 10.4. The van der Waals surface area contributed by atoms with Crippen molar-refractivity contribution < 1.29 is 9.59 Å². The minimum atomic E-state index is -0.666. The van der Waals surface area contributed by atoms with E-state index < -0.39 is 11.8 Å². The molecule has 0 spiro atoms. The van der Waals surface area contributed by atoms with Gasteiger partial charge < -0.3 is 15.1 Å². The predicted molar refractivity (Wildman–Crippen MR) is 149 cm³/mol. The molecule has 0 radical (unpaired) electrons. The largest absolute Gasteiger partial charge is 0.327 e. The molecule has 0 unspecified atom stereocenters. The van der Waals surface area contributed by atoms with Crippen molar-refractivity contribution in [2.45, 2.75) is 58.0 Å². The Labute approximate surface area is 225 Å². The average molecular weight is 532 g/mol. The third kappa shape index (κ3) is 4.90. The van der Waals surface area contributed by atoms with E-state index in [1.54, 1.807) is 28.6 Å². The molecule has 6 rings (SSSR count). The zero-order chi connectivity index (χ0) is 26.2. The minimum Gasteiger partial charge on any atom is -0.327 e. The molecule has 9 nitrogen and oxygen atoms in total. The highest BCUT2D eigenvalue weighted by molar-refractivity contribution is 7.18. The van der Waals surface area contributed by atoms with Crippen molar-refractivity contribution in [3.63, 3.8) is 0 Å². The Kier molecular flexibility index (Phi) is 6.84. The number of amides is 2. The molecule has 0 aliphatic carbocycles. The Hall–Kier alpha value is -3.37.